The maximum atomic E-state index is 5.76. The fourth-order valence-corrected chi connectivity index (χ4v) is 1.87. The first-order chi connectivity index (χ1) is 9.56. The second kappa shape index (κ2) is 6.52. The Labute approximate surface area is 119 Å². The van der Waals surface area contributed by atoms with Crippen molar-refractivity contribution >= 4 is 0 Å². The molecule has 2 aromatic rings. The molecule has 5 heteroatoms. The van der Waals surface area contributed by atoms with Crippen LogP contribution in [0.3, 0.4) is 0 Å². The Balaban J connectivity index is 1.89. The van der Waals surface area contributed by atoms with E-state index < -0.39 is 0 Å². The molecule has 2 rings (SSSR count). The van der Waals surface area contributed by atoms with E-state index in [0.29, 0.717) is 6.61 Å². The summed E-state index contributed by atoms with van der Waals surface area (Å²) in [5, 5.41) is 8.08. The number of hydrogen-bond donors (Lipinski definition) is 1. The molecule has 1 atom stereocenters. The molecule has 1 aromatic carbocycles. The van der Waals surface area contributed by atoms with E-state index in [1.165, 1.54) is 5.56 Å². The Morgan fingerprint density at radius 3 is 2.50 bits per heavy atom. The summed E-state index contributed by atoms with van der Waals surface area (Å²) in [6, 6.07) is 8.38. The lowest BCUT2D eigenvalue weighted by molar-refractivity contribution is 0.291. The number of rotatable bonds is 6. The van der Waals surface area contributed by atoms with E-state index in [1.54, 1.807) is 0 Å². The van der Waals surface area contributed by atoms with Crippen LogP contribution < -0.4 is 10.5 Å². The number of aromatic nitrogens is 3. The van der Waals surface area contributed by atoms with Gasteiger partial charge >= 0.3 is 0 Å². The van der Waals surface area contributed by atoms with E-state index in [-0.39, 0.29) is 6.04 Å². The second-order valence-corrected chi connectivity index (χ2v) is 5.17. The Morgan fingerprint density at radius 1 is 1.25 bits per heavy atom. The number of hydrogen-bond acceptors (Lipinski definition) is 4. The van der Waals surface area contributed by atoms with E-state index in [9.17, 15) is 0 Å². The zero-order valence-electron chi connectivity index (χ0n) is 12.3. The molecule has 0 saturated heterocycles. The zero-order valence-corrected chi connectivity index (χ0v) is 12.3. The van der Waals surface area contributed by atoms with Gasteiger partial charge in [0.15, 0.2) is 5.82 Å². The molecule has 0 radical (unpaired) electrons. The second-order valence-electron chi connectivity index (χ2n) is 5.17. The zero-order chi connectivity index (χ0) is 14.5. The highest BCUT2D eigenvalue weighted by Gasteiger charge is 2.05. The molecule has 0 fully saturated rings. The fraction of sp³-hybridized carbons (Fsp3) is 0.467. The quantitative estimate of drug-likeness (QED) is 0.874. The number of ether oxygens (including phenoxy) is 1. The minimum Gasteiger partial charge on any atom is -0.486 e. The van der Waals surface area contributed by atoms with Crippen LogP contribution in [0.15, 0.2) is 24.3 Å². The fourth-order valence-electron chi connectivity index (χ4n) is 1.87. The van der Waals surface area contributed by atoms with Crippen LogP contribution in [0.2, 0.25) is 0 Å². The predicted molar refractivity (Wildman–Crippen MR) is 78.5 cm³/mol. The Morgan fingerprint density at radius 2 is 1.95 bits per heavy atom. The number of benzene rings is 1. The molecular formula is C15H22N4O. The predicted octanol–water partition coefficient (Wildman–Crippen LogP) is 1.98. The molecule has 0 aliphatic carbocycles. The number of aryl methyl sites for hydroxylation is 2. The van der Waals surface area contributed by atoms with Gasteiger partial charge in [0.25, 0.3) is 0 Å². The summed E-state index contributed by atoms with van der Waals surface area (Å²) in [6.45, 7) is 4.38. The lowest BCUT2D eigenvalue weighted by Gasteiger charge is -2.08. The highest BCUT2D eigenvalue weighted by Crippen LogP contribution is 2.15. The van der Waals surface area contributed by atoms with Gasteiger partial charge in [0, 0.05) is 13.1 Å². The number of nitrogens with zero attached hydrogens (tertiary/aromatic N) is 3. The minimum absolute atomic E-state index is 0.241. The van der Waals surface area contributed by atoms with Crippen molar-refractivity contribution in [1.82, 2.24) is 14.8 Å². The lowest BCUT2D eigenvalue weighted by Crippen LogP contribution is -2.15. The summed E-state index contributed by atoms with van der Waals surface area (Å²) in [4.78, 5) is 0. The van der Waals surface area contributed by atoms with Gasteiger partial charge in [-0.1, -0.05) is 12.1 Å². The van der Waals surface area contributed by atoms with Crippen LogP contribution >= 0.6 is 0 Å². The van der Waals surface area contributed by atoms with Crippen LogP contribution in [0.4, 0.5) is 0 Å². The van der Waals surface area contributed by atoms with E-state index in [2.05, 4.69) is 22.3 Å². The molecule has 5 nitrogen and oxygen atoms in total. The third kappa shape index (κ3) is 3.81. The molecule has 0 spiro atoms. The highest BCUT2D eigenvalue weighted by atomic mass is 16.5. The molecule has 20 heavy (non-hydrogen) atoms. The average molecular weight is 274 g/mol. The first-order valence-corrected chi connectivity index (χ1v) is 6.88. The van der Waals surface area contributed by atoms with Crippen LogP contribution in [-0.2, 0) is 20.1 Å². The first-order valence-electron chi connectivity index (χ1n) is 6.88. The van der Waals surface area contributed by atoms with Gasteiger partial charge in [-0.25, -0.2) is 0 Å². The standard InChI is InChI=1S/C15H22N4O/c1-11(16)4-5-13-6-8-14(9-7-13)20-10-15-18-17-12(2)19(15)3/h6-9,11H,4-5,10,16H2,1-3H3. The highest BCUT2D eigenvalue weighted by molar-refractivity contribution is 5.27. The van der Waals surface area contributed by atoms with E-state index in [0.717, 1.165) is 30.2 Å². The summed E-state index contributed by atoms with van der Waals surface area (Å²) in [5.74, 6) is 2.55. The van der Waals surface area contributed by atoms with Gasteiger partial charge in [-0.3, -0.25) is 0 Å². The average Bonchev–Trinajstić information content (AvgIpc) is 2.75. The van der Waals surface area contributed by atoms with E-state index >= 15 is 0 Å². The van der Waals surface area contributed by atoms with Crippen molar-refractivity contribution in [2.45, 2.75) is 39.3 Å². The van der Waals surface area contributed by atoms with Crippen molar-refractivity contribution < 1.29 is 4.74 Å². The van der Waals surface area contributed by atoms with Gasteiger partial charge < -0.3 is 15.0 Å². The molecular weight excluding hydrogens is 252 g/mol. The minimum atomic E-state index is 0.241. The third-order valence-electron chi connectivity index (χ3n) is 3.36. The van der Waals surface area contributed by atoms with E-state index in [4.69, 9.17) is 10.5 Å². The van der Waals surface area contributed by atoms with Crippen molar-refractivity contribution in [3.63, 3.8) is 0 Å². The molecule has 0 aliphatic rings. The van der Waals surface area contributed by atoms with Gasteiger partial charge in [0.2, 0.25) is 0 Å². The molecule has 1 aromatic heterocycles. The van der Waals surface area contributed by atoms with Crippen LogP contribution in [0.25, 0.3) is 0 Å². The summed E-state index contributed by atoms with van der Waals surface area (Å²) >= 11 is 0. The SMILES string of the molecule is Cc1nnc(COc2ccc(CCC(C)N)cc2)n1C. The smallest absolute Gasteiger partial charge is 0.170 e. The molecule has 0 aliphatic heterocycles. The van der Waals surface area contributed by atoms with Crippen LogP contribution in [0.1, 0.15) is 30.6 Å². The molecule has 0 bridgehead atoms. The summed E-state index contributed by atoms with van der Waals surface area (Å²) < 4.78 is 7.65. The Hall–Kier alpha value is -1.88. The van der Waals surface area contributed by atoms with Crippen molar-refractivity contribution in [1.29, 1.82) is 0 Å². The summed E-state index contributed by atoms with van der Waals surface area (Å²) in [7, 11) is 1.94. The van der Waals surface area contributed by atoms with Gasteiger partial charge in [0.05, 0.1) is 0 Å². The monoisotopic (exact) mass is 274 g/mol. The van der Waals surface area contributed by atoms with Crippen molar-refractivity contribution in [2.24, 2.45) is 12.8 Å². The van der Waals surface area contributed by atoms with Crippen LogP contribution in [-0.4, -0.2) is 20.8 Å². The van der Waals surface area contributed by atoms with Crippen molar-refractivity contribution in [2.75, 3.05) is 0 Å². The van der Waals surface area contributed by atoms with Gasteiger partial charge in [-0.2, -0.15) is 0 Å². The Kier molecular flexibility index (Phi) is 4.74. The van der Waals surface area contributed by atoms with Gasteiger partial charge in [0.1, 0.15) is 18.2 Å². The number of nitrogens with two attached hydrogens (primary N) is 1. The van der Waals surface area contributed by atoms with E-state index in [1.807, 2.05) is 37.6 Å². The maximum absolute atomic E-state index is 5.76. The molecule has 0 saturated carbocycles. The van der Waals surface area contributed by atoms with Crippen molar-refractivity contribution in [3.8, 4) is 5.75 Å². The van der Waals surface area contributed by atoms with Gasteiger partial charge in [-0.15, -0.1) is 10.2 Å². The molecule has 108 valence electrons. The van der Waals surface area contributed by atoms with Crippen molar-refractivity contribution in [3.05, 3.63) is 41.5 Å². The topological polar surface area (TPSA) is 66.0 Å². The molecule has 0 amide bonds. The molecule has 2 N–H and O–H groups in total. The van der Waals surface area contributed by atoms with Crippen LogP contribution in [0, 0.1) is 6.92 Å². The van der Waals surface area contributed by atoms with Crippen LogP contribution in [0.5, 0.6) is 5.75 Å². The largest absolute Gasteiger partial charge is 0.486 e. The summed E-state index contributed by atoms with van der Waals surface area (Å²) in [5.41, 5.74) is 7.04. The van der Waals surface area contributed by atoms with Gasteiger partial charge in [-0.05, 0) is 44.4 Å². The normalized spacial score (nSPS) is 12.4. The summed E-state index contributed by atoms with van der Waals surface area (Å²) in [6.07, 6.45) is 2.00. The molecule has 1 unspecified atom stereocenters. The maximum Gasteiger partial charge on any atom is 0.170 e. The lowest BCUT2D eigenvalue weighted by atomic mass is 10.1. The third-order valence-corrected chi connectivity index (χ3v) is 3.36. The molecule has 1 heterocycles. The first kappa shape index (κ1) is 14.5. The Bertz CT molecular complexity index is 546.